The van der Waals surface area contributed by atoms with Crippen molar-refractivity contribution in [3.63, 3.8) is 0 Å². The second kappa shape index (κ2) is 2.61. The van der Waals surface area contributed by atoms with E-state index in [9.17, 15) is 0 Å². The van der Waals surface area contributed by atoms with E-state index in [0.717, 1.165) is 5.56 Å². The number of hydrogen-bond acceptors (Lipinski definition) is 0. The summed E-state index contributed by atoms with van der Waals surface area (Å²) in [6.45, 7) is 3.94. The van der Waals surface area contributed by atoms with E-state index in [1.807, 2.05) is 12.1 Å². The Kier molecular flexibility index (Phi) is 1.42. The number of rotatable bonds is 0. The first kappa shape index (κ1) is 7.63. The van der Waals surface area contributed by atoms with Crippen LogP contribution in [0.5, 0.6) is 0 Å². The Bertz CT molecular complexity index is 605. The standard InChI is InChI=1S/C13H10N/c1-9-6-7-13-11(8-9)10-4-2-3-5-12(10)14-13/h2-8,14H,1H2. The minimum atomic E-state index is 1.06. The van der Waals surface area contributed by atoms with Crippen molar-refractivity contribution in [1.29, 1.82) is 0 Å². The zero-order chi connectivity index (χ0) is 9.54. The molecule has 0 fully saturated rings. The highest BCUT2D eigenvalue weighted by molar-refractivity contribution is 6.07. The smallest absolute Gasteiger partial charge is 0.0465 e. The molecule has 3 aromatic rings. The van der Waals surface area contributed by atoms with Gasteiger partial charge in [-0.2, -0.15) is 0 Å². The summed E-state index contributed by atoms with van der Waals surface area (Å²) >= 11 is 0. The fourth-order valence-electron chi connectivity index (χ4n) is 1.90. The van der Waals surface area contributed by atoms with Crippen molar-refractivity contribution in [1.82, 2.24) is 4.98 Å². The van der Waals surface area contributed by atoms with Crippen molar-refractivity contribution >= 4 is 21.8 Å². The summed E-state index contributed by atoms with van der Waals surface area (Å²) in [7, 11) is 0. The Labute approximate surface area is 82.4 Å². The van der Waals surface area contributed by atoms with Crippen LogP contribution in [0.1, 0.15) is 5.56 Å². The van der Waals surface area contributed by atoms with Gasteiger partial charge >= 0.3 is 0 Å². The largest absolute Gasteiger partial charge is 0.355 e. The molecule has 0 aliphatic carbocycles. The van der Waals surface area contributed by atoms with Gasteiger partial charge < -0.3 is 4.98 Å². The molecule has 1 N–H and O–H groups in total. The molecule has 0 amide bonds. The molecule has 0 bridgehead atoms. The monoisotopic (exact) mass is 180 g/mol. The van der Waals surface area contributed by atoms with E-state index in [0.29, 0.717) is 0 Å². The molecule has 3 rings (SSSR count). The lowest BCUT2D eigenvalue weighted by atomic mass is 10.1. The Morgan fingerprint density at radius 1 is 0.857 bits per heavy atom. The average molecular weight is 180 g/mol. The third kappa shape index (κ3) is 0.956. The van der Waals surface area contributed by atoms with Gasteiger partial charge in [-0.3, -0.25) is 0 Å². The second-order valence-electron chi connectivity index (χ2n) is 3.55. The first-order chi connectivity index (χ1) is 6.84. The molecule has 0 saturated carbocycles. The fourth-order valence-corrected chi connectivity index (χ4v) is 1.90. The number of fused-ring (bicyclic) bond motifs is 3. The third-order valence-corrected chi connectivity index (χ3v) is 2.57. The van der Waals surface area contributed by atoms with Crippen molar-refractivity contribution in [2.45, 2.75) is 0 Å². The lowest BCUT2D eigenvalue weighted by Crippen LogP contribution is -1.70. The van der Waals surface area contributed by atoms with Crippen molar-refractivity contribution < 1.29 is 0 Å². The Balaban J connectivity index is 2.58. The third-order valence-electron chi connectivity index (χ3n) is 2.57. The molecule has 2 aromatic carbocycles. The Morgan fingerprint density at radius 2 is 1.64 bits per heavy atom. The summed E-state index contributed by atoms with van der Waals surface area (Å²) in [6.07, 6.45) is 0. The van der Waals surface area contributed by atoms with E-state index in [2.05, 4.69) is 42.2 Å². The molecule has 0 aliphatic heterocycles. The molecule has 67 valence electrons. The highest BCUT2D eigenvalue weighted by Crippen LogP contribution is 2.25. The SMILES string of the molecule is [CH2]c1ccc2[nH]c3ccccc3c2c1. The van der Waals surface area contributed by atoms with Gasteiger partial charge in [0.1, 0.15) is 0 Å². The van der Waals surface area contributed by atoms with Gasteiger partial charge in [-0.05, 0) is 30.7 Å². The minimum Gasteiger partial charge on any atom is -0.355 e. The zero-order valence-corrected chi connectivity index (χ0v) is 7.75. The molecule has 0 saturated heterocycles. The number of H-pyrrole nitrogens is 1. The van der Waals surface area contributed by atoms with E-state index < -0.39 is 0 Å². The van der Waals surface area contributed by atoms with E-state index in [-0.39, 0.29) is 0 Å². The maximum Gasteiger partial charge on any atom is 0.0465 e. The molecular formula is C13H10N. The van der Waals surface area contributed by atoms with Crippen LogP contribution in [-0.4, -0.2) is 4.98 Å². The normalized spacial score (nSPS) is 11.2. The minimum absolute atomic E-state index is 1.06. The molecule has 1 radical (unpaired) electrons. The van der Waals surface area contributed by atoms with Gasteiger partial charge in [0, 0.05) is 21.8 Å². The van der Waals surface area contributed by atoms with Crippen LogP contribution in [0, 0.1) is 6.92 Å². The predicted molar refractivity (Wildman–Crippen MR) is 60.3 cm³/mol. The van der Waals surface area contributed by atoms with Gasteiger partial charge in [0.2, 0.25) is 0 Å². The van der Waals surface area contributed by atoms with E-state index in [1.54, 1.807) is 0 Å². The van der Waals surface area contributed by atoms with Crippen LogP contribution in [-0.2, 0) is 0 Å². The topological polar surface area (TPSA) is 15.8 Å². The van der Waals surface area contributed by atoms with Crippen molar-refractivity contribution in [3.05, 3.63) is 55.0 Å². The van der Waals surface area contributed by atoms with Gasteiger partial charge in [-0.15, -0.1) is 0 Å². The number of para-hydroxylation sites is 1. The molecular weight excluding hydrogens is 170 g/mol. The van der Waals surface area contributed by atoms with E-state index in [1.165, 1.54) is 21.8 Å². The van der Waals surface area contributed by atoms with Crippen LogP contribution in [0.4, 0.5) is 0 Å². The average Bonchev–Trinajstić information content (AvgIpc) is 2.56. The van der Waals surface area contributed by atoms with Crippen molar-refractivity contribution in [3.8, 4) is 0 Å². The van der Waals surface area contributed by atoms with Gasteiger partial charge in [0.05, 0.1) is 0 Å². The van der Waals surface area contributed by atoms with Crippen molar-refractivity contribution in [2.75, 3.05) is 0 Å². The molecule has 0 atom stereocenters. The van der Waals surface area contributed by atoms with Crippen LogP contribution in [0.3, 0.4) is 0 Å². The number of aromatic nitrogens is 1. The molecule has 0 unspecified atom stereocenters. The Morgan fingerprint density at radius 3 is 2.57 bits per heavy atom. The summed E-state index contributed by atoms with van der Waals surface area (Å²) in [5.74, 6) is 0. The lowest BCUT2D eigenvalue weighted by molar-refractivity contribution is 1.54. The lowest BCUT2D eigenvalue weighted by Gasteiger charge is -1.92. The van der Waals surface area contributed by atoms with Crippen LogP contribution >= 0.6 is 0 Å². The molecule has 1 heteroatoms. The van der Waals surface area contributed by atoms with Crippen LogP contribution in [0.2, 0.25) is 0 Å². The van der Waals surface area contributed by atoms with E-state index in [4.69, 9.17) is 0 Å². The second-order valence-corrected chi connectivity index (χ2v) is 3.55. The van der Waals surface area contributed by atoms with Gasteiger partial charge in [0.15, 0.2) is 0 Å². The molecule has 0 spiro atoms. The van der Waals surface area contributed by atoms with Crippen molar-refractivity contribution in [2.24, 2.45) is 0 Å². The number of benzene rings is 2. The summed E-state index contributed by atoms with van der Waals surface area (Å²) in [5.41, 5.74) is 3.42. The summed E-state index contributed by atoms with van der Waals surface area (Å²) in [5, 5.41) is 2.53. The van der Waals surface area contributed by atoms with Gasteiger partial charge in [0.25, 0.3) is 0 Å². The molecule has 1 aromatic heterocycles. The van der Waals surface area contributed by atoms with Gasteiger partial charge in [-0.1, -0.05) is 24.3 Å². The first-order valence-corrected chi connectivity index (χ1v) is 4.67. The molecule has 1 heterocycles. The molecule has 0 aliphatic rings. The van der Waals surface area contributed by atoms with Crippen LogP contribution < -0.4 is 0 Å². The molecule has 1 nitrogen and oxygen atoms in total. The quantitative estimate of drug-likeness (QED) is 0.545. The summed E-state index contributed by atoms with van der Waals surface area (Å²) < 4.78 is 0. The summed E-state index contributed by atoms with van der Waals surface area (Å²) in [4.78, 5) is 3.38. The maximum absolute atomic E-state index is 3.94. The predicted octanol–water partition coefficient (Wildman–Crippen LogP) is 3.50. The maximum atomic E-state index is 3.94. The molecule has 14 heavy (non-hydrogen) atoms. The summed E-state index contributed by atoms with van der Waals surface area (Å²) in [6, 6.07) is 14.6. The van der Waals surface area contributed by atoms with Crippen LogP contribution in [0.25, 0.3) is 21.8 Å². The van der Waals surface area contributed by atoms with Gasteiger partial charge in [-0.25, -0.2) is 0 Å². The fraction of sp³-hybridized carbons (Fsp3) is 0. The zero-order valence-electron chi connectivity index (χ0n) is 7.75. The first-order valence-electron chi connectivity index (χ1n) is 4.67. The van der Waals surface area contributed by atoms with E-state index >= 15 is 0 Å². The Hall–Kier alpha value is -1.76. The highest BCUT2D eigenvalue weighted by atomic mass is 14.7. The number of aromatic amines is 1. The highest BCUT2D eigenvalue weighted by Gasteiger charge is 2.02. The number of nitrogens with one attached hydrogen (secondary N) is 1. The van der Waals surface area contributed by atoms with Crippen LogP contribution in [0.15, 0.2) is 42.5 Å². The number of hydrogen-bond donors (Lipinski definition) is 1.